The van der Waals surface area contributed by atoms with E-state index in [0.717, 1.165) is 0 Å². The number of rotatable bonds is 4. The Bertz CT molecular complexity index is 581. The SMILES string of the molecule is CCOC(=O)C1CCCN(S(=O)(=O)c2ccnn2C)C1. The Morgan fingerprint density at radius 2 is 2.30 bits per heavy atom. The Morgan fingerprint density at radius 3 is 2.90 bits per heavy atom. The van der Waals surface area contributed by atoms with Crippen molar-refractivity contribution in [2.75, 3.05) is 19.7 Å². The van der Waals surface area contributed by atoms with Gasteiger partial charge in [0.25, 0.3) is 10.0 Å². The van der Waals surface area contributed by atoms with E-state index >= 15 is 0 Å². The average molecular weight is 301 g/mol. The van der Waals surface area contributed by atoms with Gasteiger partial charge in [0.2, 0.25) is 0 Å². The fraction of sp³-hybridized carbons (Fsp3) is 0.667. The summed E-state index contributed by atoms with van der Waals surface area (Å²) in [5.41, 5.74) is 0. The Morgan fingerprint density at radius 1 is 1.55 bits per heavy atom. The maximum Gasteiger partial charge on any atom is 0.310 e. The zero-order valence-electron chi connectivity index (χ0n) is 11.7. The van der Waals surface area contributed by atoms with Gasteiger partial charge in [-0.15, -0.1) is 0 Å². The van der Waals surface area contributed by atoms with E-state index in [-0.39, 0.29) is 23.5 Å². The maximum atomic E-state index is 12.5. The van der Waals surface area contributed by atoms with Gasteiger partial charge in [-0.2, -0.15) is 9.40 Å². The molecule has 0 radical (unpaired) electrons. The first kappa shape index (κ1) is 15.0. The van der Waals surface area contributed by atoms with Crippen molar-refractivity contribution in [2.24, 2.45) is 13.0 Å². The van der Waals surface area contributed by atoms with E-state index in [1.165, 1.54) is 21.3 Å². The zero-order valence-corrected chi connectivity index (χ0v) is 12.5. The van der Waals surface area contributed by atoms with Gasteiger partial charge in [-0.25, -0.2) is 8.42 Å². The lowest BCUT2D eigenvalue weighted by Crippen LogP contribution is -2.43. The van der Waals surface area contributed by atoms with Crippen LogP contribution in [0.5, 0.6) is 0 Å². The minimum Gasteiger partial charge on any atom is -0.466 e. The molecule has 1 unspecified atom stereocenters. The molecule has 1 aromatic heterocycles. The predicted octanol–water partition coefficient (Wildman–Crippen LogP) is 0.384. The summed E-state index contributed by atoms with van der Waals surface area (Å²) in [7, 11) is -2.02. The Kier molecular flexibility index (Phi) is 4.44. The third-order valence-corrected chi connectivity index (χ3v) is 5.32. The van der Waals surface area contributed by atoms with Gasteiger partial charge in [0, 0.05) is 20.1 Å². The lowest BCUT2D eigenvalue weighted by atomic mass is 10.0. The smallest absolute Gasteiger partial charge is 0.310 e. The molecule has 0 bridgehead atoms. The van der Waals surface area contributed by atoms with Crippen LogP contribution in [-0.4, -0.2) is 48.2 Å². The topological polar surface area (TPSA) is 81.5 Å². The van der Waals surface area contributed by atoms with Crippen LogP contribution in [0.15, 0.2) is 17.3 Å². The molecule has 1 fully saturated rings. The van der Waals surface area contributed by atoms with Gasteiger partial charge in [-0.05, 0) is 25.8 Å². The summed E-state index contributed by atoms with van der Waals surface area (Å²) in [5, 5.41) is 4.02. The van der Waals surface area contributed by atoms with Crippen molar-refractivity contribution >= 4 is 16.0 Å². The number of hydrogen-bond acceptors (Lipinski definition) is 5. The second kappa shape index (κ2) is 5.92. The molecule has 0 aliphatic carbocycles. The summed E-state index contributed by atoms with van der Waals surface area (Å²) in [4.78, 5) is 11.8. The van der Waals surface area contributed by atoms with Gasteiger partial charge in [0.15, 0.2) is 5.03 Å². The minimum atomic E-state index is -3.60. The summed E-state index contributed by atoms with van der Waals surface area (Å²) in [6.45, 7) is 2.64. The van der Waals surface area contributed by atoms with Crippen LogP contribution in [0.3, 0.4) is 0 Å². The van der Waals surface area contributed by atoms with E-state index < -0.39 is 10.0 Å². The molecule has 0 spiro atoms. The molecular formula is C12H19N3O4S. The molecule has 1 aliphatic rings. The highest BCUT2D eigenvalue weighted by Gasteiger charge is 2.35. The predicted molar refractivity (Wildman–Crippen MR) is 71.3 cm³/mol. The summed E-state index contributed by atoms with van der Waals surface area (Å²) < 4.78 is 32.7. The van der Waals surface area contributed by atoms with E-state index in [1.54, 1.807) is 14.0 Å². The van der Waals surface area contributed by atoms with Gasteiger partial charge >= 0.3 is 5.97 Å². The highest BCUT2D eigenvalue weighted by molar-refractivity contribution is 7.89. The first-order chi connectivity index (χ1) is 9.46. The van der Waals surface area contributed by atoms with Crippen molar-refractivity contribution in [1.29, 1.82) is 0 Å². The van der Waals surface area contributed by atoms with Crippen molar-refractivity contribution in [1.82, 2.24) is 14.1 Å². The molecule has 1 aliphatic heterocycles. The molecule has 1 saturated heterocycles. The standard InChI is InChI=1S/C12H19N3O4S/c1-3-19-12(16)10-5-4-8-15(9-10)20(17,18)11-6-7-13-14(11)2/h6-7,10H,3-5,8-9H2,1-2H3. The second-order valence-corrected chi connectivity index (χ2v) is 6.63. The van der Waals surface area contributed by atoms with Crippen LogP contribution in [0.4, 0.5) is 0 Å². The van der Waals surface area contributed by atoms with Gasteiger partial charge in [-0.3, -0.25) is 9.48 Å². The molecule has 0 saturated carbocycles. The van der Waals surface area contributed by atoms with Gasteiger partial charge in [-0.1, -0.05) is 0 Å². The summed E-state index contributed by atoms with van der Waals surface area (Å²) in [5.74, 6) is -0.705. The number of ether oxygens (including phenoxy) is 1. The van der Waals surface area contributed by atoms with Crippen LogP contribution in [0.2, 0.25) is 0 Å². The Balaban J connectivity index is 2.17. The van der Waals surface area contributed by atoms with Crippen LogP contribution >= 0.6 is 0 Å². The normalized spacial score (nSPS) is 20.8. The summed E-state index contributed by atoms with van der Waals surface area (Å²) in [6.07, 6.45) is 2.76. The van der Waals surface area contributed by atoms with Gasteiger partial charge in [0.1, 0.15) is 0 Å². The zero-order chi connectivity index (χ0) is 14.8. The number of sulfonamides is 1. The van der Waals surface area contributed by atoms with E-state index in [1.807, 2.05) is 0 Å². The van der Waals surface area contributed by atoms with Crippen LogP contribution in [0.25, 0.3) is 0 Å². The van der Waals surface area contributed by atoms with E-state index in [4.69, 9.17) is 4.74 Å². The lowest BCUT2D eigenvalue weighted by Gasteiger charge is -2.30. The number of hydrogen-bond donors (Lipinski definition) is 0. The molecule has 112 valence electrons. The number of esters is 1. The number of aryl methyl sites for hydroxylation is 1. The fourth-order valence-electron chi connectivity index (χ4n) is 2.36. The molecule has 20 heavy (non-hydrogen) atoms. The molecule has 0 aromatic carbocycles. The van der Waals surface area contributed by atoms with Crippen molar-refractivity contribution in [2.45, 2.75) is 24.8 Å². The summed E-state index contributed by atoms with van der Waals surface area (Å²) in [6, 6.07) is 1.46. The van der Waals surface area contributed by atoms with Crippen LogP contribution in [0.1, 0.15) is 19.8 Å². The highest BCUT2D eigenvalue weighted by Crippen LogP contribution is 2.24. The van der Waals surface area contributed by atoms with Crippen LogP contribution in [-0.2, 0) is 26.6 Å². The lowest BCUT2D eigenvalue weighted by molar-refractivity contribution is -0.149. The van der Waals surface area contributed by atoms with Crippen LogP contribution < -0.4 is 0 Å². The Hall–Kier alpha value is -1.41. The largest absolute Gasteiger partial charge is 0.466 e. The quantitative estimate of drug-likeness (QED) is 0.751. The third-order valence-electron chi connectivity index (χ3n) is 3.38. The van der Waals surface area contributed by atoms with Crippen molar-refractivity contribution < 1.29 is 17.9 Å². The molecule has 0 N–H and O–H groups in total. The molecule has 2 rings (SSSR count). The molecule has 8 heteroatoms. The second-order valence-electron chi connectivity index (χ2n) is 4.75. The van der Waals surface area contributed by atoms with Gasteiger partial charge < -0.3 is 4.74 Å². The average Bonchev–Trinajstić information content (AvgIpc) is 2.86. The highest BCUT2D eigenvalue weighted by atomic mass is 32.2. The van der Waals surface area contributed by atoms with E-state index in [2.05, 4.69) is 5.10 Å². The first-order valence-corrected chi connectivity index (χ1v) is 8.05. The molecule has 0 amide bonds. The first-order valence-electron chi connectivity index (χ1n) is 6.61. The number of piperidine rings is 1. The van der Waals surface area contributed by atoms with Crippen molar-refractivity contribution in [3.8, 4) is 0 Å². The number of nitrogens with zero attached hydrogens (tertiary/aromatic N) is 3. The Labute approximate surface area is 118 Å². The minimum absolute atomic E-state index is 0.141. The van der Waals surface area contributed by atoms with Gasteiger partial charge in [0.05, 0.1) is 18.7 Å². The fourth-order valence-corrected chi connectivity index (χ4v) is 3.98. The summed E-state index contributed by atoms with van der Waals surface area (Å²) >= 11 is 0. The number of carbonyl (C=O) groups is 1. The van der Waals surface area contributed by atoms with Crippen molar-refractivity contribution in [3.63, 3.8) is 0 Å². The monoisotopic (exact) mass is 301 g/mol. The maximum absolute atomic E-state index is 12.5. The molecule has 1 atom stereocenters. The molecule has 1 aromatic rings. The van der Waals surface area contributed by atoms with Crippen LogP contribution in [0, 0.1) is 5.92 Å². The van der Waals surface area contributed by atoms with E-state index in [9.17, 15) is 13.2 Å². The third kappa shape index (κ3) is 2.85. The molecule has 7 nitrogen and oxygen atoms in total. The van der Waals surface area contributed by atoms with Crippen molar-refractivity contribution in [3.05, 3.63) is 12.3 Å². The molecular weight excluding hydrogens is 282 g/mol. The number of aromatic nitrogens is 2. The number of carbonyl (C=O) groups excluding carboxylic acids is 1. The van der Waals surface area contributed by atoms with E-state index in [0.29, 0.717) is 26.0 Å². The molecule has 2 heterocycles.